The molecule has 1 fully saturated rings. The van der Waals surface area contributed by atoms with E-state index in [0.717, 1.165) is 16.0 Å². The minimum absolute atomic E-state index is 0.245. The number of rotatable bonds is 7. The Morgan fingerprint density at radius 3 is 2.54 bits per heavy atom. The predicted octanol–water partition coefficient (Wildman–Crippen LogP) is 3.25. The van der Waals surface area contributed by atoms with Gasteiger partial charge in [0.1, 0.15) is 11.9 Å². The normalized spacial score (nSPS) is 17.8. The van der Waals surface area contributed by atoms with Crippen LogP contribution < -0.4 is 16.0 Å². The Morgan fingerprint density at radius 1 is 1.24 bits per heavy atom. The van der Waals surface area contributed by atoms with Gasteiger partial charge in [-0.1, -0.05) is 30.7 Å². The molecular formula is C26H30ClN7O3. The lowest BCUT2D eigenvalue weighted by molar-refractivity contribution is -0.156. The van der Waals surface area contributed by atoms with Gasteiger partial charge >= 0.3 is 6.03 Å². The highest BCUT2D eigenvalue weighted by Crippen LogP contribution is 2.33. The monoisotopic (exact) mass is 523 g/mol. The third-order valence-corrected chi connectivity index (χ3v) is 6.83. The third kappa shape index (κ3) is 5.29. The zero-order valence-electron chi connectivity index (χ0n) is 21.2. The van der Waals surface area contributed by atoms with Crippen molar-refractivity contribution < 1.29 is 14.4 Å². The summed E-state index contributed by atoms with van der Waals surface area (Å²) < 4.78 is 1.69. The molecule has 1 aromatic carbocycles. The smallest absolute Gasteiger partial charge is 0.325 e. The number of carbonyl (C=O) groups excluding carboxylic acids is 3. The molecular weight excluding hydrogens is 494 g/mol. The molecule has 1 saturated heterocycles. The Kier molecular flexibility index (Phi) is 7.49. The minimum atomic E-state index is -1.01. The van der Waals surface area contributed by atoms with E-state index in [1.807, 2.05) is 25.1 Å². The number of likely N-dealkylation sites (tertiary alicyclic amines) is 1. The zero-order valence-corrected chi connectivity index (χ0v) is 21.9. The van der Waals surface area contributed by atoms with Gasteiger partial charge in [-0.25, -0.2) is 14.8 Å². The molecule has 1 aliphatic rings. The van der Waals surface area contributed by atoms with E-state index in [-0.39, 0.29) is 12.5 Å². The molecule has 0 spiro atoms. The summed E-state index contributed by atoms with van der Waals surface area (Å²) in [7, 11) is 3.35. The molecule has 3 heterocycles. The number of nitrogens with two attached hydrogens (primary N) is 1. The topological polar surface area (TPSA) is 126 Å². The summed E-state index contributed by atoms with van der Waals surface area (Å²) in [4.78, 5) is 51.2. The van der Waals surface area contributed by atoms with Gasteiger partial charge in [0.2, 0.25) is 11.9 Å². The van der Waals surface area contributed by atoms with Crippen LogP contribution in [0.2, 0.25) is 5.02 Å². The summed E-state index contributed by atoms with van der Waals surface area (Å²) in [5.41, 5.74) is 8.22. The number of carbonyl (C=O) groups is 3. The van der Waals surface area contributed by atoms with E-state index in [2.05, 4.69) is 15.3 Å². The fourth-order valence-corrected chi connectivity index (χ4v) is 4.84. The number of aromatic nitrogens is 3. The largest absolute Gasteiger partial charge is 0.384 e. The number of urea groups is 1. The van der Waals surface area contributed by atoms with Crippen LogP contribution in [0.15, 0.2) is 48.8 Å². The number of β-lactam (4-membered cyclic amide) rings is 1. The van der Waals surface area contributed by atoms with Crippen LogP contribution >= 0.6 is 11.6 Å². The van der Waals surface area contributed by atoms with Crippen LogP contribution in [0.5, 0.6) is 0 Å². The molecule has 0 aliphatic carbocycles. The number of nitrogen functional groups attached to an aromatic ring is 1. The number of anilines is 2. The summed E-state index contributed by atoms with van der Waals surface area (Å²) in [6, 6.07) is 8.65. The van der Waals surface area contributed by atoms with Crippen molar-refractivity contribution >= 4 is 41.2 Å². The molecule has 2 aromatic heterocycles. The number of likely N-dealkylation sites (N-methyl/N-ethyl adjacent to an activating group) is 1. The highest BCUT2D eigenvalue weighted by Gasteiger charge is 2.55. The van der Waals surface area contributed by atoms with Gasteiger partial charge in [-0.15, -0.1) is 0 Å². The summed E-state index contributed by atoms with van der Waals surface area (Å²) in [5, 5.41) is 3.49. The Labute approximate surface area is 220 Å². The second kappa shape index (κ2) is 10.6. The van der Waals surface area contributed by atoms with E-state index in [1.54, 1.807) is 56.2 Å². The van der Waals surface area contributed by atoms with Gasteiger partial charge in [-0.05, 0) is 55.2 Å². The van der Waals surface area contributed by atoms with Crippen LogP contribution in [0.1, 0.15) is 36.2 Å². The number of amides is 4. The molecule has 4 amide bonds. The first-order valence-corrected chi connectivity index (χ1v) is 12.4. The van der Waals surface area contributed by atoms with E-state index in [1.165, 1.54) is 4.90 Å². The third-order valence-electron chi connectivity index (χ3n) is 6.58. The molecule has 3 atom stereocenters. The maximum atomic E-state index is 13.7. The minimum Gasteiger partial charge on any atom is -0.384 e. The number of halogens is 1. The van der Waals surface area contributed by atoms with Crippen LogP contribution in [0.3, 0.4) is 0 Å². The van der Waals surface area contributed by atoms with E-state index in [4.69, 9.17) is 17.3 Å². The number of benzene rings is 1. The first-order valence-electron chi connectivity index (χ1n) is 12.0. The molecule has 10 nitrogen and oxygen atoms in total. The Balaban J connectivity index is 1.61. The maximum absolute atomic E-state index is 13.7. The number of aryl methyl sites for hydroxylation is 2. The van der Waals surface area contributed by atoms with Gasteiger partial charge in [0.25, 0.3) is 5.91 Å². The van der Waals surface area contributed by atoms with E-state index in [0.29, 0.717) is 28.9 Å². The summed E-state index contributed by atoms with van der Waals surface area (Å²) >= 11 is 6.00. The lowest BCUT2D eigenvalue weighted by Crippen LogP contribution is -2.70. The molecule has 0 saturated carbocycles. The Morgan fingerprint density at radius 2 is 1.95 bits per heavy atom. The van der Waals surface area contributed by atoms with Gasteiger partial charge in [-0.3, -0.25) is 19.4 Å². The maximum Gasteiger partial charge on any atom is 0.325 e. The quantitative estimate of drug-likeness (QED) is 0.458. The Bertz CT molecular complexity index is 1300. The fourth-order valence-electron chi connectivity index (χ4n) is 4.71. The molecule has 0 radical (unpaired) electrons. The van der Waals surface area contributed by atoms with Crippen molar-refractivity contribution in [3.05, 3.63) is 70.6 Å². The second-order valence-corrected chi connectivity index (χ2v) is 9.64. The van der Waals surface area contributed by atoms with Crippen molar-refractivity contribution in [2.75, 3.05) is 17.7 Å². The van der Waals surface area contributed by atoms with E-state index < -0.39 is 29.8 Å². The van der Waals surface area contributed by atoms with Crippen LogP contribution in [0, 0.1) is 12.8 Å². The Hall–Kier alpha value is -3.92. The van der Waals surface area contributed by atoms with Gasteiger partial charge < -0.3 is 15.6 Å². The van der Waals surface area contributed by atoms with Crippen LogP contribution in [-0.2, 0) is 23.1 Å². The number of imide groups is 1. The highest BCUT2D eigenvalue weighted by atomic mass is 35.5. The first kappa shape index (κ1) is 26.2. The SMILES string of the molecule is CC[C@@H](NC(=O)N1C(=O)[C@H](Cc2cc(C)nc(N)c2)[C@H]1C(=O)N(C)c1nccn1C)c1ccc(Cl)cc1. The molecule has 1 aliphatic heterocycles. The summed E-state index contributed by atoms with van der Waals surface area (Å²) in [6.45, 7) is 3.73. The standard InChI is InChI=1S/C26H30ClN7O3/c1-5-20(17-6-8-18(27)9-7-17)31-26(37)34-22(24(36)33(4)25-29-10-11-32(25)3)19(23(34)35)13-16-12-15(2)30-21(28)14-16/h6-12,14,19-20,22H,5,13H2,1-4H3,(H2,28,30)(H,31,37)/t19-,20-,22+/m1/s1. The van der Waals surface area contributed by atoms with Gasteiger partial charge in [-0.2, -0.15) is 0 Å². The number of imidazole rings is 1. The first-order chi connectivity index (χ1) is 17.6. The van der Waals surface area contributed by atoms with Crippen LogP contribution in [-0.4, -0.2) is 50.4 Å². The molecule has 11 heteroatoms. The number of hydrogen-bond acceptors (Lipinski definition) is 6. The van der Waals surface area contributed by atoms with Gasteiger partial charge in [0, 0.05) is 37.2 Å². The molecule has 0 unspecified atom stereocenters. The van der Waals surface area contributed by atoms with Crippen molar-refractivity contribution in [1.82, 2.24) is 24.8 Å². The second-order valence-electron chi connectivity index (χ2n) is 9.20. The number of hydrogen-bond donors (Lipinski definition) is 2. The predicted molar refractivity (Wildman–Crippen MR) is 141 cm³/mol. The van der Waals surface area contributed by atoms with E-state index in [9.17, 15) is 14.4 Å². The lowest BCUT2D eigenvalue weighted by atomic mass is 9.81. The van der Waals surface area contributed by atoms with Crippen molar-refractivity contribution in [2.45, 2.75) is 38.8 Å². The van der Waals surface area contributed by atoms with E-state index >= 15 is 0 Å². The van der Waals surface area contributed by atoms with Crippen LogP contribution in [0.4, 0.5) is 16.6 Å². The summed E-state index contributed by atoms with van der Waals surface area (Å²) in [6.07, 6.45) is 4.12. The van der Waals surface area contributed by atoms with Gasteiger partial charge in [0.05, 0.1) is 12.0 Å². The number of nitrogens with one attached hydrogen (secondary N) is 1. The number of nitrogens with zero attached hydrogens (tertiary/aromatic N) is 5. The van der Waals surface area contributed by atoms with Crippen molar-refractivity contribution in [2.24, 2.45) is 13.0 Å². The molecule has 4 rings (SSSR count). The lowest BCUT2D eigenvalue weighted by Gasteiger charge is -2.45. The average molecular weight is 524 g/mol. The highest BCUT2D eigenvalue weighted by molar-refractivity contribution is 6.30. The molecule has 37 heavy (non-hydrogen) atoms. The molecule has 0 bridgehead atoms. The molecule has 3 aromatic rings. The molecule has 194 valence electrons. The zero-order chi connectivity index (χ0) is 26.9. The number of pyridine rings is 1. The molecule has 3 N–H and O–H groups in total. The van der Waals surface area contributed by atoms with Crippen molar-refractivity contribution in [1.29, 1.82) is 0 Å². The van der Waals surface area contributed by atoms with Gasteiger partial charge in [0.15, 0.2) is 0 Å². The van der Waals surface area contributed by atoms with Crippen molar-refractivity contribution in [3.63, 3.8) is 0 Å². The van der Waals surface area contributed by atoms with Crippen LogP contribution in [0.25, 0.3) is 0 Å². The average Bonchev–Trinajstić information content (AvgIpc) is 3.28. The summed E-state index contributed by atoms with van der Waals surface area (Å²) in [5.74, 6) is -0.841. The van der Waals surface area contributed by atoms with Crippen molar-refractivity contribution in [3.8, 4) is 0 Å². The fraction of sp³-hybridized carbons (Fsp3) is 0.346.